The van der Waals surface area contributed by atoms with E-state index in [-0.39, 0.29) is 5.41 Å². The quantitative estimate of drug-likeness (QED) is 0.684. The molecule has 0 bridgehead atoms. The average Bonchev–Trinajstić information content (AvgIpc) is 3.19. The van der Waals surface area contributed by atoms with Crippen molar-refractivity contribution in [2.45, 2.75) is 31.9 Å². The molecular weight excluding hydrogens is 332 g/mol. The molecule has 0 amide bonds. The number of nitrogens with one attached hydrogen (secondary N) is 2. The van der Waals surface area contributed by atoms with E-state index in [1.54, 1.807) is 6.73 Å². The van der Waals surface area contributed by atoms with Gasteiger partial charge in [0.25, 0.3) is 0 Å². The van der Waals surface area contributed by atoms with Gasteiger partial charge in [-0.15, -0.1) is 0 Å². The van der Waals surface area contributed by atoms with Gasteiger partial charge in [0.1, 0.15) is 0 Å². The van der Waals surface area contributed by atoms with Crippen LogP contribution < -0.4 is 10.9 Å². The number of benzene rings is 3. The molecule has 1 heterocycles. The third-order valence-electron chi connectivity index (χ3n) is 5.10. The molecule has 0 spiro atoms. The minimum Gasteiger partial charge on any atom is -0.327 e. The summed E-state index contributed by atoms with van der Waals surface area (Å²) >= 11 is 0. The minimum atomic E-state index is -0.731. The van der Waals surface area contributed by atoms with Gasteiger partial charge in [0.15, 0.2) is 12.5 Å². The Morgan fingerprint density at radius 1 is 0.704 bits per heavy atom. The van der Waals surface area contributed by atoms with Gasteiger partial charge in [-0.3, -0.25) is 0 Å². The highest BCUT2D eigenvalue weighted by atomic mass is 16.6. The van der Waals surface area contributed by atoms with Gasteiger partial charge in [0, 0.05) is 11.1 Å². The Balaban J connectivity index is 1.70. The maximum absolute atomic E-state index is 6.04. The Morgan fingerprint density at radius 2 is 1.26 bits per heavy atom. The van der Waals surface area contributed by atoms with Crippen molar-refractivity contribution < 1.29 is 4.74 Å². The lowest BCUT2D eigenvalue weighted by Crippen LogP contribution is -2.43. The van der Waals surface area contributed by atoms with E-state index in [0.29, 0.717) is 0 Å². The van der Waals surface area contributed by atoms with Crippen molar-refractivity contribution in [1.82, 2.24) is 10.9 Å². The Bertz CT molecular complexity index is 888. The van der Waals surface area contributed by atoms with Gasteiger partial charge in [-0.05, 0) is 22.1 Å². The zero-order valence-corrected chi connectivity index (χ0v) is 16.0. The van der Waals surface area contributed by atoms with Crippen LogP contribution in [0.25, 0.3) is 11.1 Å². The highest BCUT2D eigenvalue weighted by molar-refractivity contribution is 5.64. The smallest absolute Gasteiger partial charge is 0.186 e. The van der Waals surface area contributed by atoms with Crippen LogP contribution in [-0.2, 0) is 15.9 Å². The first-order chi connectivity index (χ1) is 13.0. The van der Waals surface area contributed by atoms with E-state index in [9.17, 15) is 0 Å². The molecule has 3 aromatic carbocycles. The molecular formula is C24H25N2O. The summed E-state index contributed by atoms with van der Waals surface area (Å²) < 4.78 is 6.04. The second-order valence-corrected chi connectivity index (χ2v) is 7.96. The molecule has 1 unspecified atom stereocenters. The predicted molar refractivity (Wildman–Crippen MR) is 109 cm³/mol. The molecule has 3 heteroatoms. The second-order valence-electron chi connectivity index (χ2n) is 7.96. The van der Waals surface area contributed by atoms with Crippen molar-refractivity contribution in [3.63, 3.8) is 0 Å². The molecule has 1 fully saturated rings. The van der Waals surface area contributed by atoms with Crippen LogP contribution in [0.1, 0.15) is 37.5 Å². The van der Waals surface area contributed by atoms with E-state index in [1.807, 2.05) is 6.07 Å². The molecule has 1 atom stereocenters. The molecule has 27 heavy (non-hydrogen) atoms. The Kier molecular flexibility index (Phi) is 4.60. The third-order valence-corrected chi connectivity index (χ3v) is 5.10. The topological polar surface area (TPSA) is 33.3 Å². The summed E-state index contributed by atoms with van der Waals surface area (Å²) in [7, 11) is 0. The standard InChI is InChI=1S/C24H25N2O/c1-23(2,3)20-13-15-22(16-14-20)24(26-25-17-27-24)21-11-9-19(10-12-21)18-7-5-4-6-8-18/h4-17,25-26H,1-3H3. The predicted octanol–water partition coefficient (Wildman–Crippen LogP) is 5.10. The molecule has 4 rings (SSSR count). The van der Waals surface area contributed by atoms with Crippen molar-refractivity contribution in [3.05, 3.63) is 102 Å². The van der Waals surface area contributed by atoms with Gasteiger partial charge >= 0.3 is 0 Å². The van der Waals surface area contributed by atoms with Crippen molar-refractivity contribution in [3.8, 4) is 11.1 Å². The van der Waals surface area contributed by atoms with Crippen LogP contribution in [0.15, 0.2) is 78.9 Å². The maximum atomic E-state index is 6.04. The molecule has 3 aromatic rings. The third kappa shape index (κ3) is 3.42. The maximum Gasteiger partial charge on any atom is 0.186 e. The fourth-order valence-electron chi connectivity index (χ4n) is 3.46. The summed E-state index contributed by atoms with van der Waals surface area (Å²) in [4.78, 5) is 0. The van der Waals surface area contributed by atoms with E-state index in [2.05, 4.69) is 104 Å². The lowest BCUT2D eigenvalue weighted by molar-refractivity contribution is 0.0530. The number of hydrazine groups is 1. The largest absolute Gasteiger partial charge is 0.327 e. The molecule has 1 aliphatic heterocycles. The fourth-order valence-corrected chi connectivity index (χ4v) is 3.46. The van der Waals surface area contributed by atoms with Gasteiger partial charge in [0.2, 0.25) is 0 Å². The van der Waals surface area contributed by atoms with Crippen molar-refractivity contribution >= 4 is 0 Å². The number of rotatable bonds is 3. The summed E-state index contributed by atoms with van der Waals surface area (Å²) in [6.07, 6.45) is 0. The molecule has 3 nitrogen and oxygen atoms in total. The van der Waals surface area contributed by atoms with E-state index in [4.69, 9.17) is 4.74 Å². The first kappa shape index (κ1) is 17.9. The highest BCUT2D eigenvalue weighted by Crippen LogP contribution is 2.36. The zero-order chi connectivity index (χ0) is 18.9. The molecule has 1 saturated heterocycles. The van der Waals surface area contributed by atoms with Gasteiger partial charge in [-0.25, -0.2) is 10.9 Å². The highest BCUT2D eigenvalue weighted by Gasteiger charge is 2.39. The second kappa shape index (κ2) is 6.93. The first-order valence-electron chi connectivity index (χ1n) is 9.28. The molecule has 0 aliphatic carbocycles. The van der Waals surface area contributed by atoms with E-state index in [0.717, 1.165) is 11.1 Å². The Morgan fingerprint density at radius 3 is 1.78 bits per heavy atom. The SMILES string of the molecule is CC(C)(C)c1ccc(C2(c3ccc(-c4ccccc4)cc3)NN[CH]O2)cc1. The van der Waals surface area contributed by atoms with Crippen LogP contribution in [0.2, 0.25) is 0 Å². The van der Waals surface area contributed by atoms with Crippen LogP contribution in [0, 0.1) is 6.73 Å². The average molecular weight is 357 g/mol. The van der Waals surface area contributed by atoms with Crippen LogP contribution in [-0.4, -0.2) is 0 Å². The van der Waals surface area contributed by atoms with E-state index < -0.39 is 5.72 Å². The van der Waals surface area contributed by atoms with Gasteiger partial charge in [-0.2, -0.15) is 0 Å². The minimum absolute atomic E-state index is 0.122. The van der Waals surface area contributed by atoms with Gasteiger partial charge in [-0.1, -0.05) is 99.6 Å². The fraction of sp³-hybridized carbons (Fsp3) is 0.208. The van der Waals surface area contributed by atoms with Crippen LogP contribution in [0.4, 0.5) is 0 Å². The van der Waals surface area contributed by atoms with Crippen LogP contribution in [0.3, 0.4) is 0 Å². The summed E-state index contributed by atoms with van der Waals surface area (Å²) in [6, 6.07) is 27.5. The first-order valence-corrected chi connectivity index (χ1v) is 9.28. The summed E-state index contributed by atoms with van der Waals surface area (Å²) in [6.45, 7) is 8.27. The molecule has 2 N–H and O–H groups in total. The molecule has 0 aromatic heterocycles. The molecule has 137 valence electrons. The van der Waals surface area contributed by atoms with Crippen LogP contribution >= 0.6 is 0 Å². The lowest BCUT2D eigenvalue weighted by atomic mass is 9.85. The van der Waals surface area contributed by atoms with Gasteiger partial charge in [0.05, 0.1) is 0 Å². The van der Waals surface area contributed by atoms with Crippen molar-refractivity contribution in [2.24, 2.45) is 0 Å². The van der Waals surface area contributed by atoms with E-state index >= 15 is 0 Å². The summed E-state index contributed by atoms with van der Waals surface area (Å²) in [5.74, 6) is 0. The summed E-state index contributed by atoms with van der Waals surface area (Å²) in [5.41, 5.74) is 11.5. The van der Waals surface area contributed by atoms with Crippen molar-refractivity contribution in [2.75, 3.05) is 0 Å². The Labute approximate surface area is 161 Å². The van der Waals surface area contributed by atoms with E-state index in [1.165, 1.54) is 16.7 Å². The summed E-state index contributed by atoms with van der Waals surface area (Å²) in [5, 5.41) is 0. The monoisotopic (exact) mass is 357 g/mol. The van der Waals surface area contributed by atoms with Crippen molar-refractivity contribution in [1.29, 1.82) is 0 Å². The lowest BCUT2D eigenvalue weighted by Gasteiger charge is -2.29. The molecule has 1 aliphatic rings. The molecule has 0 saturated carbocycles. The van der Waals surface area contributed by atoms with Gasteiger partial charge < -0.3 is 4.74 Å². The number of hydrogen-bond acceptors (Lipinski definition) is 3. The number of hydrogen-bond donors (Lipinski definition) is 2. The van der Waals surface area contributed by atoms with Crippen LogP contribution in [0.5, 0.6) is 0 Å². The molecule has 1 radical (unpaired) electrons. The zero-order valence-electron chi connectivity index (χ0n) is 16.0. The Hall–Kier alpha value is -2.46. The normalized spacial score (nSPS) is 20.0. The number of ether oxygens (including phenoxy) is 1.